The average molecular weight is 463 g/mol. The number of aryl methyl sites for hydroxylation is 1. The SMILES string of the molecule is Cn1cc(Nc2nc(N3CCCCC3)cnc2C(N)=O)cn1.NC(=O)c1ccc(C2CC2)cc1. The Kier molecular flexibility index (Phi) is 7.05. The summed E-state index contributed by atoms with van der Waals surface area (Å²) in [7, 11) is 1.82. The maximum absolute atomic E-state index is 11.6. The largest absolute Gasteiger partial charge is 0.366 e. The number of nitrogens with zero attached hydrogens (tertiary/aromatic N) is 5. The molecule has 2 amide bonds. The molecule has 0 radical (unpaired) electrons. The molecule has 5 rings (SSSR count). The summed E-state index contributed by atoms with van der Waals surface area (Å²) >= 11 is 0. The van der Waals surface area contributed by atoms with Crippen LogP contribution in [0.15, 0.2) is 42.9 Å². The minimum absolute atomic E-state index is 0.129. The van der Waals surface area contributed by atoms with Crippen molar-refractivity contribution in [2.75, 3.05) is 23.3 Å². The maximum atomic E-state index is 11.6. The Bertz CT molecular complexity index is 1150. The molecule has 0 bridgehead atoms. The van der Waals surface area contributed by atoms with Gasteiger partial charge in [0, 0.05) is 31.9 Å². The first kappa shape index (κ1) is 23.2. The number of anilines is 3. The van der Waals surface area contributed by atoms with Crippen molar-refractivity contribution in [2.24, 2.45) is 18.5 Å². The van der Waals surface area contributed by atoms with Gasteiger partial charge < -0.3 is 21.7 Å². The van der Waals surface area contributed by atoms with Gasteiger partial charge in [0.25, 0.3) is 5.91 Å². The fraction of sp³-hybridized carbons (Fsp3) is 0.375. The van der Waals surface area contributed by atoms with E-state index in [9.17, 15) is 9.59 Å². The number of hydrogen-bond acceptors (Lipinski definition) is 7. The van der Waals surface area contributed by atoms with Crippen molar-refractivity contribution in [1.29, 1.82) is 0 Å². The quantitative estimate of drug-likeness (QED) is 0.510. The zero-order valence-electron chi connectivity index (χ0n) is 19.3. The van der Waals surface area contributed by atoms with Crippen molar-refractivity contribution in [1.82, 2.24) is 19.7 Å². The Balaban J connectivity index is 0.000000192. The van der Waals surface area contributed by atoms with E-state index in [-0.39, 0.29) is 11.6 Å². The summed E-state index contributed by atoms with van der Waals surface area (Å²) in [6, 6.07) is 7.60. The van der Waals surface area contributed by atoms with Crippen LogP contribution in [0.2, 0.25) is 0 Å². The molecule has 0 atom stereocenters. The first-order chi connectivity index (χ1) is 16.4. The number of carbonyl (C=O) groups is 2. The molecule has 2 aliphatic rings. The number of primary amides is 2. The Morgan fingerprint density at radius 2 is 1.71 bits per heavy atom. The van der Waals surface area contributed by atoms with Gasteiger partial charge in [0.1, 0.15) is 5.82 Å². The Labute approximate surface area is 198 Å². The predicted octanol–water partition coefficient (Wildman–Crippen LogP) is 2.71. The number of carbonyl (C=O) groups excluding carboxylic acids is 2. The van der Waals surface area contributed by atoms with Gasteiger partial charge in [-0.05, 0) is 55.7 Å². The average Bonchev–Trinajstić information content (AvgIpc) is 3.62. The van der Waals surface area contributed by atoms with E-state index in [0.29, 0.717) is 11.4 Å². The fourth-order valence-corrected chi connectivity index (χ4v) is 3.88. The summed E-state index contributed by atoms with van der Waals surface area (Å²) in [6.45, 7) is 1.91. The molecule has 1 aliphatic carbocycles. The summed E-state index contributed by atoms with van der Waals surface area (Å²) in [5.74, 6) is 0.910. The van der Waals surface area contributed by atoms with Crippen LogP contribution < -0.4 is 21.7 Å². The lowest BCUT2D eigenvalue weighted by Crippen LogP contribution is -2.30. The minimum atomic E-state index is -0.607. The van der Waals surface area contributed by atoms with E-state index in [0.717, 1.165) is 43.4 Å². The van der Waals surface area contributed by atoms with Gasteiger partial charge in [0.15, 0.2) is 11.5 Å². The molecule has 0 spiro atoms. The highest BCUT2D eigenvalue weighted by Gasteiger charge is 2.23. The van der Waals surface area contributed by atoms with Crippen LogP contribution in [0.25, 0.3) is 0 Å². The molecule has 3 aromatic rings. The predicted molar refractivity (Wildman–Crippen MR) is 130 cm³/mol. The van der Waals surface area contributed by atoms with Crippen molar-refractivity contribution in [3.63, 3.8) is 0 Å². The Morgan fingerprint density at radius 3 is 2.26 bits per heavy atom. The molecule has 1 saturated heterocycles. The van der Waals surface area contributed by atoms with E-state index in [1.807, 2.05) is 19.2 Å². The van der Waals surface area contributed by atoms with Gasteiger partial charge in [-0.1, -0.05) is 12.1 Å². The van der Waals surface area contributed by atoms with Crippen molar-refractivity contribution >= 4 is 29.1 Å². The number of amides is 2. The third-order valence-electron chi connectivity index (χ3n) is 5.88. The van der Waals surface area contributed by atoms with E-state index in [1.165, 1.54) is 24.8 Å². The van der Waals surface area contributed by atoms with E-state index in [4.69, 9.17) is 11.5 Å². The van der Waals surface area contributed by atoms with Gasteiger partial charge in [-0.15, -0.1) is 0 Å². The number of aromatic nitrogens is 4. The Morgan fingerprint density at radius 1 is 1.00 bits per heavy atom. The zero-order valence-corrected chi connectivity index (χ0v) is 19.3. The molecule has 1 saturated carbocycles. The summed E-state index contributed by atoms with van der Waals surface area (Å²) in [5, 5.41) is 7.15. The highest BCUT2D eigenvalue weighted by molar-refractivity contribution is 5.96. The standard InChI is InChI=1S/C14H19N7O.C10H11NO/c1-20-9-10(7-17-20)18-14-12(13(15)22)16-8-11(19-14)21-5-3-2-4-6-21;11-10(12)9-5-3-8(4-6-9)7-1-2-7/h7-9H,2-6H2,1H3,(H2,15,22)(H,18,19);3-7H,1-2H2,(H2,11,12). The molecular formula is C24H30N8O2. The van der Waals surface area contributed by atoms with Crippen LogP contribution >= 0.6 is 0 Å². The normalized spacial score (nSPS) is 15.3. The molecule has 2 aromatic heterocycles. The maximum Gasteiger partial charge on any atom is 0.271 e. The second kappa shape index (κ2) is 10.3. The second-order valence-electron chi connectivity index (χ2n) is 8.63. The molecule has 5 N–H and O–H groups in total. The van der Waals surface area contributed by atoms with Crippen LogP contribution in [-0.4, -0.2) is 44.7 Å². The Hall–Kier alpha value is -3.95. The number of nitrogens with two attached hydrogens (primary N) is 2. The molecule has 178 valence electrons. The van der Waals surface area contributed by atoms with Crippen molar-refractivity contribution in [2.45, 2.75) is 38.0 Å². The monoisotopic (exact) mass is 462 g/mol. The van der Waals surface area contributed by atoms with Crippen LogP contribution in [0.3, 0.4) is 0 Å². The minimum Gasteiger partial charge on any atom is -0.366 e. The fourth-order valence-electron chi connectivity index (χ4n) is 3.88. The summed E-state index contributed by atoms with van der Waals surface area (Å²) in [4.78, 5) is 33.2. The van der Waals surface area contributed by atoms with Gasteiger partial charge in [0.2, 0.25) is 5.91 Å². The van der Waals surface area contributed by atoms with Crippen molar-refractivity contribution in [3.05, 3.63) is 59.7 Å². The summed E-state index contributed by atoms with van der Waals surface area (Å²) < 4.78 is 1.66. The third-order valence-corrected chi connectivity index (χ3v) is 5.88. The van der Waals surface area contributed by atoms with Gasteiger partial charge >= 0.3 is 0 Å². The second-order valence-corrected chi connectivity index (χ2v) is 8.63. The summed E-state index contributed by atoms with van der Waals surface area (Å²) in [6.07, 6.45) is 11.2. The van der Waals surface area contributed by atoms with Gasteiger partial charge in [-0.3, -0.25) is 14.3 Å². The van der Waals surface area contributed by atoms with Crippen LogP contribution in [0.4, 0.5) is 17.3 Å². The first-order valence-electron chi connectivity index (χ1n) is 11.5. The van der Waals surface area contributed by atoms with Gasteiger partial charge in [-0.2, -0.15) is 5.10 Å². The number of piperidine rings is 1. The molecule has 34 heavy (non-hydrogen) atoms. The molecule has 1 aliphatic heterocycles. The molecule has 1 aromatic carbocycles. The van der Waals surface area contributed by atoms with E-state index in [1.54, 1.807) is 35.4 Å². The highest BCUT2D eigenvalue weighted by atomic mass is 16.1. The van der Waals surface area contributed by atoms with E-state index < -0.39 is 5.91 Å². The smallest absolute Gasteiger partial charge is 0.271 e. The lowest BCUT2D eigenvalue weighted by molar-refractivity contribution is 0.0989. The first-order valence-corrected chi connectivity index (χ1v) is 11.5. The highest BCUT2D eigenvalue weighted by Crippen LogP contribution is 2.39. The lowest BCUT2D eigenvalue weighted by atomic mass is 10.1. The molecule has 3 heterocycles. The zero-order chi connectivity index (χ0) is 24.1. The number of hydrogen-bond donors (Lipinski definition) is 3. The van der Waals surface area contributed by atoms with Crippen LogP contribution in [-0.2, 0) is 7.05 Å². The van der Waals surface area contributed by atoms with E-state index >= 15 is 0 Å². The van der Waals surface area contributed by atoms with E-state index in [2.05, 4.69) is 25.3 Å². The molecule has 10 heteroatoms. The van der Waals surface area contributed by atoms with Gasteiger partial charge in [-0.25, -0.2) is 9.97 Å². The molecular weight excluding hydrogens is 432 g/mol. The third kappa shape index (κ3) is 5.89. The van der Waals surface area contributed by atoms with Crippen molar-refractivity contribution < 1.29 is 9.59 Å². The lowest BCUT2D eigenvalue weighted by Gasteiger charge is -2.27. The van der Waals surface area contributed by atoms with Crippen LogP contribution in [0.1, 0.15) is 64.4 Å². The van der Waals surface area contributed by atoms with Crippen molar-refractivity contribution in [3.8, 4) is 0 Å². The topological polar surface area (TPSA) is 145 Å². The summed E-state index contributed by atoms with van der Waals surface area (Å²) in [5.41, 5.74) is 13.3. The number of benzene rings is 1. The number of nitrogens with one attached hydrogen (secondary N) is 1. The van der Waals surface area contributed by atoms with Crippen LogP contribution in [0.5, 0.6) is 0 Å². The van der Waals surface area contributed by atoms with Crippen LogP contribution in [0, 0.1) is 0 Å². The molecule has 2 fully saturated rings. The molecule has 10 nitrogen and oxygen atoms in total. The van der Waals surface area contributed by atoms with Gasteiger partial charge in [0.05, 0.1) is 18.1 Å². The molecule has 0 unspecified atom stereocenters. The number of rotatable bonds is 6.